The van der Waals surface area contributed by atoms with E-state index in [-0.39, 0.29) is 12.3 Å². The van der Waals surface area contributed by atoms with Crippen molar-refractivity contribution in [3.8, 4) is 0 Å². The number of benzene rings is 2. The number of halogens is 2. The molecule has 6 heteroatoms. The van der Waals surface area contributed by atoms with Crippen LogP contribution in [0.4, 0.5) is 5.69 Å². The van der Waals surface area contributed by atoms with Crippen LogP contribution >= 0.6 is 35.0 Å². The molecule has 24 heavy (non-hydrogen) atoms. The summed E-state index contributed by atoms with van der Waals surface area (Å²) in [7, 11) is 0. The van der Waals surface area contributed by atoms with Gasteiger partial charge in [0.05, 0.1) is 12.1 Å². The van der Waals surface area contributed by atoms with Crippen LogP contribution in [0, 0.1) is 6.92 Å². The Kier molecular flexibility index (Phi) is 5.49. The first-order valence-corrected chi connectivity index (χ1v) is 9.31. The molecule has 1 amide bonds. The Bertz CT molecular complexity index is 787. The number of carbonyl (C=O) groups is 1. The summed E-state index contributed by atoms with van der Waals surface area (Å²) in [5.74, 6) is 0.800. The van der Waals surface area contributed by atoms with Gasteiger partial charge < -0.3 is 0 Å². The molecule has 1 fully saturated rings. The number of hydrogen-bond acceptors (Lipinski definition) is 3. The van der Waals surface area contributed by atoms with Crippen molar-refractivity contribution < 1.29 is 4.79 Å². The van der Waals surface area contributed by atoms with Crippen LogP contribution in [-0.4, -0.2) is 28.3 Å². The maximum absolute atomic E-state index is 12.7. The topological polar surface area (TPSA) is 32.7 Å². The van der Waals surface area contributed by atoms with E-state index in [0.717, 1.165) is 22.2 Å². The first-order chi connectivity index (χ1) is 11.6. The Labute approximate surface area is 155 Å². The van der Waals surface area contributed by atoms with Crippen LogP contribution in [-0.2, 0) is 11.2 Å². The van der Waals surface area contributed by atoms with Gasteiger partial charge in [0.15, 0.2) is 5.17 Å². The average Bonchev–Trinajstić information content (AvgIpc) is 3.01. The molecule has 1 saturated heterocycles. The first-order valence-electron chi connectivity index (χ1n) is 7.56. The van der Waals surface area contributed by atoms with E-state index in [0.29, 0.717) is 22.2 Å². The fourth-order valence-corrected chi connectivity index (χ4v) is 3.96. The molecular weight excluding hydrogens is 363 g/mol. The molecule has 1 heterocycles. The van der Waals surface area contributed by atoms with Crippen molar-refractivity contribution in [2.45, 2.75) is 13.3 Å². The molecule has 2 aromatic carbocycles. The second kappa shape index (κ2) is 7.60. The SMILES string of the molecule is Cc1ccccc1N=C1SCCN1C(=O)Cc1c(Cl)cccc1Cl. The van der Waals surface area contributed by atoms with Crippen molar-refractivity contribution in [1.82, 2.24) is 4.90 Å². The molecule has 1 aliphatic rings. The Balaban J connectivity index is 1.83. The molecule has 0 N–H and O–H groups in total. The summed E-state index contributed by atoms with van der Waals surface area (Å²) in [5, 5.41) is 1.76. The molecule has 0 aliphatic carbocycles. The predicted molar refractivity (Wildman–Crippen MR) is 103 cm³/mol. The fraction of sp³-hybridized carbons (Fsp3) is 0.222. The molecule has 1 aliphatic heterocycles. The lowest BCUT2D eigenvalue weighted by molar-refractivity contribution is -0.126. The van der Waals surface area contributed by atoms with Crippen LogP contribution in [0.25, 0.3) is 0 Å². The molecule has 3 rings (SSSR count). The van der Waals surface area contributed by atoms with Gasteiger partial charge in [-0.1, -0.05) is 59.2 Å². The molecule has 0 unspecified atom stereocenters. The molecule has 0 bridgehead atoms. The summed E-state index contributed by atoms with van der Waals surface area (Å²) in [5.41, 5.74) is 2.63. The normalized spacial score (nSPS) is 16.0. The molecule has 0 saturated carbocycles. The minimum atomic E-state index is -0.0395. The lowest BCUT2D eigenvalue weighted by Crippen LogP contribution is -2.33. The second-order valence-electron chi connectivity index (χ2n) is 5.45. The monoisotopic (exact) mass is 378 g/mol. The van der Waals surface area contributed by atoms with E-state index in [1.807, 2.05) is 31.2 Å². The zero-order valence-corrected chi connectivity index (χ0v) is 15.5. The third kappa shape index (κ3) is 3.77. The number of aliphatic imine (C=N–C) groups is 1. The van der Waals surface area contributed by atoms with E-state index in [9.17, 15) is 4.79 Å². The van der Waals surface area contributed by atoms with Gasteiger partial charge >= 0.3 is 0 Å². The van der Waals surface area contributed by atoms with Crippen LogP contribution in [0.2, 0.25) is 10.0 Å². The highest BCUT2D eigenvalue weighted by atomic mass is 35.5. The van der Waals surface area contributed by atoms with E-state index in [1.165, 1.54) is 0 Å². The maximum Gasteiger partial charge on any atom is 0.233 e. The number of carbonyl (C=O) groups excluding carboxylic acids is 1. The van der Waals surface area contributed by atoms with Crippen molar-refractivity contribution in [3.63, 3.8) is 0 Å². The third-order valence-corrected chi connectivity index (χ3v) is 5.46. The van der Waals surface area contributed by atoms with Gasteiger partial charge in [-0.2, -0.15) is 0 Å². The summed E-state index contributed by atoms with van der Waals surface area (Å²) in [6.45, 7) is 2.66. The molecule has 0 radical (unpaired) electrons. The standard InChI is InChI=1S/C18H16Cl2N2OS/c1-12-5-2-3-8-16(12)21-18-22(9-10-24-18)17(23)11-13-14(19)6-4-7-15(13)20/h2-8H,9-11H2,1H3. The minimum absolute atomic E-state index is 0.0395. The molecule has 3 nitrogen and oxygen atoms in total. The Morgan fingerprint density at radius 3 is 2.58 bits per heavy atom. The van der Waals surface area contributed by atoms with E-state index in [2.05, 4.69) is 4.99 Å². The van der Waals surface area contributed by atoms with Crippen LogP contribution in [0.3, 0.4) is 0 Å². The van der Waals surface area contributed by atoms with Crippen molar-refractivity contribution in [2.24, 2.45) is 4.99 Å². The summed E-state index contributed by atoms with van der Waals surface area (Å²) in [6.07, 6.45) is 0.172. The smallest absolute Gasteiger partial charge is 0.233 e. The van der Waals surface area contributed by atoms with E-state index >= 15 is 0 Å². The molecule has 0 atom stereocenters. The Hall–Kier alpha value is -1.49. The summed E-state index contributed by atoms with van der Waals surface area (Å²) in [4.78, 5) is 19.1. The average molecular weight is 379 g/mol. The highest BCUT2D eigenvalue weighted by Gasteiger charge is 2.27. The predicted octanol–water partition coefficient (Wildman–Crippen LogP) is 5.11. The number of amides is 1. The number of nitrogens with zero attached hydrogens (tertiary/aromatic N) is 2. The Morgan fingerprint density at radius 2 is 1.88 bits per heavy atom. The van der Waals surface area contributed by atoms with Gasteiger partial charge in [0, 0.05) is 22.3 Å². The van der Waals surface area contributed by atoms with Gasteiger partial charge in [-0.15, -0.1) is 0 Å². The lowest BCUT2D eigenvalue weighted by atomic mass is 10.1. The largest absolute Gasteiger partial charge is 0.290 e. The van der Waals surface area contributed by atoms with Crippen LogP contribution in [0.1, 0.15) is 11.1 Å². The van der Waals surface area contributed by atoms with Gasteiger partial charge in [0.25, 0.3) is 0 Å². The Morgan fingerprint density at radius 1 is 1.17 bits per heavy atom. The van der Waals surface area contributed by atoms with Crippen LogP contribution in [0.15, 0.2) is 47.5 Å². The van der Waals surface area contributed by atoms with E-state index in [1.54, 1.807) is 34.9 Å². The van der Waals surface area contributed by atoms with Gasteiger partial charge in [0.2, 0.25) is 5.91 Å². The molecule has 0 spiro atoms. The van der Waals surface area contributed by atoms with Crippen molar-refractivity contribution in [1.29, 1.82) is 0 Å². The van der Waals surface area contributed by atoms with Crippen molar-refractivity contribution in [3.05, 3.63) is 63.6 Å². The molecular formula is C18H16Cl2N2OS. The zero-order valence-electron chi connectivity index (χ0n) is 13.1. The molecule has 0 aromatic heterocycles. The molecule has 2 aromatic rings. The van der Waals surface area contributed by atoms with Crippen molar-refractivity contribution >= 4 is 51.7 Å². The van der Waals surface area contributed by atoms with E-state index < -0.39 is 0 Å². The minimum Gasteiger partial charge on any atom is -0.290 e. The quantitative estimate of drug-likeness (QED) is 0.743. The summed E-state index contributed by atoms with van der Waals surface area (Å²) < 4.78 is 0. The number of amidine groups is 1. The second-order valence-corrected chi connectivity index (χ2v) is 7.33. The van der Waals surface area contributed by atoms with Gasteiger partial charge in [-0.3, -0.25) is 9.69 Å². The van der Waals surface area contributed by atoms with Gasteiger partial charge in [0.1, 0.15) is 0 Å². The lowest BCUT2D eigenvalue weighted by Gasteiger charge is -2.17. The fourth-order valence-electron chi connectivity index (χ4n) is 2.47. The number of hydrogen-bond donors (Lipinski definition) is 0. The number of para-hydroxylation sites is 1. The number of rotatable bonds is 3. The first kappa shape index (κ1) is 17.3. The highest BCUT2D eigenvalue weighted by Crippen LogP contribution is 2.28. The maximum atomic E-state index is 12.7. The van der Waals surface area contributed by atoms with Crippen LogP contribution < -0.4 is 0 Å². The third-order valence-electron chi connectivity index (χ3n) is 3.80. The summed E-state index contributed by atoms with van der Waals surface area (Å²) in [6, 6.07) is 13.2. The van der Waals surface area contributed by atoms with Gasteiger partial charge in [-0.05, 0) is 36.2 Å². The highest BCUT2D eigenvalue weighted by molar-refractivity contribution is 8.14. The van der Waals surface area contributed by atoms with E-state index in [4.69, 9.17) is 23.2 Å². The van der Waals surface area contributed by atoms with Crippen LogP contribution in [0.5, 0.6) is 0 Å². The van der Waals surface area contributed by atoms with Gasteiger partial charge in [-0.25, -0.2) is 4.99 Å². The number of thioether (sulfide) groups is 1. The number of aryl methyl sites for hydroxylation is 1. The summed E-state index contributed by atoms with van der Waals surface area (Å²) >= 11 is 13.9. The van der Waals surface area contributed by atoms with Crippen molar-refractivity contribution in [2.75, 3.05) is 12.3 Å². The molecule has 124 valence electrons. The zero-order chi connectivity index (χ0) is 17.1.